The Labute approximate surface area is 84.0 Å². The molecule has 0 unspecified atom stereocenters. The molecule has 1 aromatic rings. The van der Waals surface area contributed by atoms with Crippen molar-refractivity contribution in [1.29, 1.82) is 0 Å². The molecule has 0 saturated heterocycles. The van der Waals surface area contributed by atoms with Gasteiger partial charge in [-0.3, -0.25) is 9.63 Å². The van der Waals surface area contributed by atoms with Gasteiger partial charge in [0.1, 0.15) is 0 Å². The van der Waals surface area contributed by atoms with E-state index in [-0.39, 0.29) is 5.91 Å². The molecule has 0 atom stereocenters. The van der Waals surface area contributed by atoms with Gasteiger partial charge in [0.2, 0.25) is 5.91 Å². The van der Waals surface area contributed by atoms with Crippen molar-refractivity contribution in [3.63, 3.8) is 0 Å². The minimum Gasteiger partial charge on any atom is -0.273 e. The summed E-state index contributed by atoms with van der Waals surface area (Å²) in [4.78, 5) is 16.0. The van der Waals surface area contributed by atoms with Gasteiger partial charge in [0, 0.05) is 6.42 Å². The van der Waals surface area contributed by atoms with Crippen LogP contribution in [0.3, 0.4) is 0 Å². The van der Waals surface area contributed by atoms with E-state index in [4.69, 9.17) is 4.84 Å². The van der Waals surface area contributed by atoms with Gasteiger partial charge in [-0.25, -0.2) is 5.48 Å². The van der Waals surface area contributed by atoms with Crippen LogP contribution in [0.2, 0.25) is 0 Å². The standard InChI is InChI=1S/C11H14NO2/c1-2-6-11(13)12-14-9-10-7-4-3-5-8-10/h3-5,7-8H,1-2,6,9H2,(H,12,13). The second kappa shape index (κ2) is 6.16. The highest BCUT2D eigenvalue weighted by Crippen LogP contribution is 1.99. The molecule has 0 heterocycles. The molecule has 0 fully saturated rings. The third-order valence-corrected chi connectivity index (χ3v) is 1.67. The van der Waals surface area contributed by atoms with E-state index >= 15 is 0 Å². The second-order valence-electron chi connectivity index (χ2n) is 2.90. The van der Waals surface area contributed by atoms with Crippen LogP contribution in [0.1, 0.15) is 18.4 Å². The Kier molecular flexibility index (Phi) is 4.72. The molecule has 1 radical (unpaired) electrons. The SMILES string of the molecule is [CH2]CCC(=O)NOCc1ccccc1. The Morgan fingerprint density at radius 2 is 2.07 bits per heavy atom. The first-order chi connectivity index (χ1) is 6.83. The number of benzene rings is 1. The number of carbonyl (C=O) groups is 1. The summed E-state index contributed by atoms with van der Waals surface area (Å²) in [6, 6.07) is 9.67. The van der Waals surface area contributed by atoms with Crippen LogP contribution in [0, 0.1) is 6.92 Å². The fourth-order valence-electron chi connectivity index (χ4n) is 0.986. The third kappa shape index (κ3) is 4.05. The van der Waals surface area contributed by atoms with Crippen LogP contribution < -0.4 is 5.48 Å². The van der Waals surface area contributed by atoms with Gasteiger partial charge in [-0.05, 0) is 12.0 Å². The van der Waals surface area contributed by atoms with Gasteiger partial charge in [-0.2, -0.15) is 0 Å². The third-order valence-electron chi connectivity index (χ3n) is 1.67. The van der Waals surface area contributed by atoms with Crippen LogP contribution in [-0.2, 0) is 16.2 Å². The molecule has 0 saturated carbocycles. The first-order valence-electron chi connectivity index (χ1n) is 4.56. The molecule has 1 amide bonds. The van der Waals surface area contributed by atoms with E-state index in [1.54, 1.807) is 0 Å². The van der Waals surface area contributed by atoms with E-state index in [1.165, 1.54) is 0 Å². The average molecular weight is 192 g/mol. The molecule has 3 nitrogen and oxygen atoms in total. The fraction of sp³-hybridized carbons (Fsp3) is 0.273. The zero-order valence-corrected chi connectivity index (χ0v) is 8.03. The molecule has 0 aliphatic rings. The smallest absolute Gasteiger partial charge is 0.243 e. The quantitative estimate of drug-likeness (QED) is 0.723. The Morgan fingerprint density at radius 1 is 1.36 bits per heavy atom. The maximum atomic E-state index is 11.0. The summed E-state index contributed by atoms with van der Waals surface area (Å²) in [6.07, 6.45) is 0.981. The van der Waals surface area contributed by atoms with E-state index in [0.717, 1.165) is 5.56 Å². The number of amides is 1. The largest absolute Gasteiger partial charge is 0.273 e. The van der Waals surface area contributed by atoms with E-state index < -0.39 is 0 Å². The lowest BCUT2D eigenvalue weighted by Gasteiger charge is -2.04. The maximum Gasteiger partial charge on any atom is 0.243 e. The highest BCUT2D eigenvalue weighted by Gasteiger charge is 1.98. The van der Waals surface area contributed by atoms with E-state index in [2.05, 4.69) is 12.4 Å². The number of nitrogens with one attached hydrogen (secondary N) is 1. The summed E-state index contributed by atoms with van der Waals surface area (Å²) in [6.45, 7) is 3.97. The topological polar surface area (TPSA) is 38.3 Å². The monoisotopic (exact) mass is 192 g/mol. The van der Waals surface area contributed by atoms with Crippen molar-refractivity contribution in [3.05, 3.63) is 42.8 Å². The van der Waals surface area contributed by atoms with Gasteiger partial charge in [-0.1, -0.05) is 37.3 Å². The van der Waals surface area contributed by atoms with Crippen molar-refractivity contribution >= 4 is 5.91 Å². The Bertz CT molecular complexity index is 272. The van der Waals surface area contributed by atoms with Crippen LogP contribution in [0.25, 0.3) is 0 Å². The molecule has 1 rings (SSSR count). The number of hydroxylamine groups is 1. The molecule has 0 bridgehead atoms. The van der Waals surface area contributed by atoms with Crippen molar-refractivity contribution in [1.82, 2.24) is 5.48 Å². The Balaban J connectivity index is 2.19. The number of carbonyl (C=O) groups excluding carboxylic acids is 1. The van der Waals surface area contributed by atoms with Crippen molar-refractivity contribution < 1.29 is 9.63 Å². The molecule has 3 heteroatoms. The highest BCUT2D eigenvalue weighted by atomic mass is 16.6. The Morgan fingerprint density at radius 3 is 2.71 bits per heavy atom. The van der Waals surface area contributed by atoms with Gasteiger partial charge in [0.25, 0.3) is 0 Å². The van der Waals surface area contributed by atoms with E-state index in [0.29, 0.717) is 19.4 Å². The summed E-state index contributed by atoms with van der Waals surface area (Å²) < 4.78 is 0. The molecular formula is C11H14NO2. The number of hydrogen-bond donors (Lipinski definition) is 1. The lowest BCUT2D eigenvalue weighted by molar-refractivity contribution is -0.134. The number of hydrogen-bond acceptors (Lipinski definition) is 2. The normalized spacial score (nSPS) is 9.79. The molecule has 0 aromatic heterocycles. The van der Waals surface area contributed by atoms with Crippen molar-refractivity contribution in [2.45, 2.75) is 19.4 Å². The second-order valence-corrected chi connectivity index (χ2v) is 2.90. The van der Waals surface area contributed by atoms with Gasteiger partial charge in [0.05, 0.1) is 6.61 Å². The average Bonchev–Trinajstić information content (AvgIpc) is 2.20. The van der Waals surface area contributed by atoms with Gasteiger partial charge >= 0.3 is 0 Å². The molecule has 14 heavy (non-hydrogen) atoms. The summed E-state index contributed by atoms with van der Waals surface area (Å²) in [5.74, 6) is -0.129. The van der Waals surface area contributed by atoms with E-state index in [9.17, 15) is 4.79 Å². The molecule has 1 N–H and O–H groups in total. The molecular weight excluding hydrogens is 178 g/mol. The minimum absolute atomic E-state index is 0.129. The lowest BCUT2D eigenvalue weighted by atomic mass is 10.2. The molecule has 0 aliphatic heterocycles. The van der Waals surface area contributed by atoms with Crippen LogP contribution in [-0.4, -0.2) is 5.91 Å². The summed E-state index contributed by atoms with van der Waals surface area (Å²) in [5.41, 5.74) is 3.38. The van der Waals surface area contributed by atoms with Gasteiger partial charge in [0.15, 0.2) is 0 Å². The van der Waals surface area contributed by atoms with Crippen LogP contribution in [0.15, 0.2) is 30.3 Å². The molecule has 0 aliphatic carbocycles. The first-order valence-corrected chi connectivity index (χ1v) is 4.56. The van der Waals surface area contributed by atoms with Crippen LogP contribution in [0.4, 0.5) is 0 Å². The fourth-order valence-corrected chi connectivity index (χ4v) is 0.986. The first kappa shape index (κ1) is 10.7. The summed E-state index contributed by atoms with van der Waals surface area (Å²) in [5, 5.41) is 0. The predicted molar refractivity (Wildman–Crippen MR) is 54.0 cm³/mol. The highest BCUT2D eigenvalue weighted by molar-refractivity contribution is 5.74. The van der Waals surface area contributed by atoms with Gasteiger partial charge in [-0.15, -0.1) is 0 Å². The van der Waals surface area contributed by atoms with Crippen molar-refractivity contribution in [2.75, 3.05) is 0 Å². The predicted octanol–water partition coefficient (Wildman–Crippen LogP) is 1.85. The zero-order chi connectivity index (χ0) is 10.2. The van der Waals surface area contributed by atoms with Crippen LogP contribution in [0.5, 0.6) is 0 Å². The molecule has 75 valence electrons. The summed E-state index contributed by atoms with van der Waals surface area (Å²) in [7, 11) is 0. The van der Waals surface area contributed by atoms with Crippen LogP contribution >= 0.6 is 0 Å². The van der Waals surface area contributed by atoms with Crippen molar-refractivity contribution in [2.24, 2.45) is 0 Å². The number of rotatable bonds is 5. The molecule has 0 spiro atoms. The maximum absolute atomic E-state index is 11.0. The van der Waals surface area contributed by atoms with E-state index in [1.807, 2.05) is 30.3 Å². The summed E-state index contributed by atoms with van der Waals surface area (Å²) >= 11 is 0. The Hall–Kier alpha value is -1.35. The zero-order valence-electron chi connectivity index (χ0n) is 8.03. The minimum atomic E-state index is -0.129. The van der Waals surface area contributed by atoms with Crippen molar-refractivity contribution in [3.8, 4) is 0 Å². The molecule has 1 aromatic carbocycles. The lowest BCUT2D eigenvalue weighted by Crippen LogP contribution is -2.22. The van der Waals surface area contributed by atoms with Gasteiger partial charge < -0.3 is 0 Å².